The highest BCUT2D eigenvalue weighted by atomic mass is 32.2. The van der Waals surface area contributed by atoms with E-state index in [9.17, 15) is 14.4 Å². The maximum Gasteiger partial charge on any atom is 0.329 e. The molecule has 77 valence electrons. The van der Waals surface area contributed by atoms with E-state index in [0.717, 1.165) is 0 Å². The number of hydrogen-bond acceptors (Lipinski definition) is 5. The molecule has 1 amide bonds. The number of carbonyl (C=O) groups is 2. The topological polar surface area (TPSA) is 72.5 Å². The maximum atomic E-state index is 11.3. The lowest BCUT2D eigenvalue weighted by atomic mass is 10.2. The molecule has 1 heterocycles. The van der Waals surface area contributed by atoms with Gasteiger partial charge < -0.3 is 10.1 Å². The standard InChI is InChI=1S/C8H10NO4S/c1-13-8(12)5-4-14-6(2-3-10)7(11)9-5/h5-6H,2,4H2,1H3,(H,9,11). The summed E-state index contributed by atoms with van der Waals surface area (Å²) in [7, 11) is 1.27. The van der Waals surface area contributed by atoms with E-state index in [1.54, 1.807) is 6.29 Å². The average molecular weight is 216 g/mol. The van der Waals surface area contributed by atoms with E-state index in [1.165, 1.54) is 18.9 Å². The molecule has 1 fully saturated rings. The fraction of sp³-hybridized carbons (Fsp3) is 0.625. The number of carbonyl (C=O) groups excluding carboxylic acids is 3. The molecule has 1 aliphatic rings. The van der Waals surface area contributed by atoms with Crippen molar-refractivity contribution in [3.05, 3.63) is 0 Å². The molecule has 2 unspecified atom stereocenters. The largest absolute Gasteiger partial charge is 0.467 e. The Morgan fingerprint density at radius 1 is 1.79 bits per heavy atom. The van der Waals surface area contributed by atoms with Gasteiger partial charge in [-0.2, -0.15) is 0 Å². The highest BCUT2D eigenvalue weighted by molar-refractivity contribution is 8.00. The minimum Gasteiger partial charge on any atom is -0.467 e. The summed E-state index contributed by atoms with van der Waals surface area (Å²) in [5.74, 6) is -0.329. The van der Waals surface area contributed by atoms with Crippen LogP contribution in [0.2, 0.25) is 0 Å². The fourth-order valence-electron chi connectivity index (χ4n) is 1.09. The Morgan fingerprint density at radius 2 is 2.50 bits per heavy atom. The first-order valence-corrected chi connectivity index (χ1v) is 5.08. The van der Waals surface area contributed by atoms with Crippen LogP contribution < -0.4 is 5.32 Å². The third kappa shape index (κ3) is 2.47. The first-order valence-electron chi connectivity index (χ1n) is 4.04. The summed E-state index contributed by atoms with van der Waals surface area (Å²) in [6.07, 6.45) is 1.74. The molecular weight excluding hydrogens is 206 g/mol. The van der Waals surface area contributed by atoms with Crippen molar-refractivity contribution >= 4 is 29.9 Å². The van der Waals surface area contributed by atoms with Gasteiger partial charge in [0.25, 0.3) is 0 Å². The predicted molar refractivity (Wildman–Crippen MR) is 50.5 cm³/mol. The molecule has 1 saturated heterocycles. The third-order valence-electron chi connectivity index (χ3n) is 1.83. The molecule has 1 N–H and O–H groups in total. The van der Waals surface area contributed by atoms with E-state index in [4.69, 9.17) is 0 Å². The first kappa shape index (κ1) is 11.0. The van der Waals surface area contributed by atoms with Crippen LogP contribution in [0, 0.1) is 0 Å². The average Bonchev–Trinajstić information content (AvgIpc) is 2.20. The van der Waals surface area contributed by atoms with Gasteiger partial charge in [-0.25, -0.2) is 4.79 Å². The van der Waals surface area contributed by atoms with Crippen LogP contribution in [0.25, 0.3) is 0 Å². The predicted octanol–water partition coefficient (Wildman–Crippen LogP) is -0.741. The fourth-order valence-corrected chi connectivity index (χ4v) is 2.14. The molecule has 1 aliphatic heterocycles. The zero-order valence-corrected chi connectivity index (χ0v) is 8.43. The zero-order chi connectivity index (χ0) is 10.6. The van der Waals surface area contributed by atoms with Crippen LogP contribution in [-0.2, 0) is 19.1 Å². The van der Waals surface area contributed by atoms with Crippen LogP contribution in [0.5, 0.6) is 0 Å². The van der Waals surface area contributed by atoms with Gasteiger partial charge in [0.2, 0.25) is 5.91 Å². The number of methoxy groups -OCH3 is 1. The lowest BCUT2D eigenvalue weighted by molar-refractivity contribution is -0.144. The van der Waals surface area contributed by atoms with Crippen molar-refractivity contribution in [2.75, 3.05) is 12.9 Å². The number of rotatable bonds is 3. The van der Waals surface area contributed by atoms with Crippen molar-refractivity contribution in [1.29, 1.82) is 0 Å². The number of thioether (sulfide) groups is 1. The molecule has 0 bridgehead atoms. The zero-order valence-electron chi connectivity index (χ0n) is 7.61. The molecule has 0 aromatic carbocycles. The Hall–Kier alpha value is -1.04. The van der Waals surface area contributed by atoms with Crippen molar-refractivity contribution < 1.29 is 19.1 Å². The minimum atomic E-state index is -0.597. The normalized spacial score (nSPS) is 26.5. The van der Waals surface area contributed by atoms with Crippen LogP contribution in [-0.4, -0.2) is 42.3 Å². The molecule has 1 rings (SSSR count). The van der Waals surface area contributed by atoms with Crippen LogP contribution in [0.4, 0.5) is 0 Å². The first-order chi connectivity index (χ1) is 6.69. The molecule has 0 aliphatic carbocycles. The van der Waals surface area contributed by atoms with Gasteiger partial charge in [0.1, 0.15) is 6.04 Å². The van der Waals surface area contributed by atoms with Crippen molar-refractivity contribution in [2.24, 2.45) is 0 Å². The SMILES string of the molecule is COC(=O)C1CSC(C[C]=O)C(=O)N1. The lowest BCUT2D eigenvalue weighted by Gasteiger charge is -2.25. The summed E-state index contributed by atoms with van der Waals surface area (Å²) in [5.41, 5.74) is 0. The van der Waals surface area contributed by atoms with E-state index in [0.29, 0.717) is 5.75 Å². The molecule has 0 saturated carbocycles. The van der Waals surface area contributed by atoms with Gasteiger partial charge in [-0.1, -0.05) is 0 Å². The lowest BCUT2D eigenvalue weighted by Crippen LogP contribution is -2.51. The van der Waals surface area contributed by atoms with Crippen molar-refractivity contribution in [2.45, 2.75) is 17.7 Å². The molecule has 1 radical (unpaired) electrons. The Kier molecular flexibility index (Phi) is 3.94. The maximum absolute atomic E-state index is 11.3. The highest BCUT2D eigenvalue weighted by Crippen LogP contribution is 2.20. The summed E-state index contributed by atoms with van der Waals surface area (Å²) in [6.45, 7) is 0. The number of ether oxygens (including phenoxy) is 1. The van der Waals surface area contributed by atoms with Crippen LogP contribution in [0.1, 0.15) is 6.42 Å². The van der Waals surface area contributed by atoms with E-state index in [-0.39, 0.29) is 12.3 Å². The quantitative estimate of drug-likeness (QED) is 0.629. The molecule has 14 heavy (non-hydrogen) atoms. The molecule has 2 atom stereocenters. The monoisotopic (exact) mass is 216 g/mol. The van der Waals surface area contributed by atoms with E-state index in [1.807, 2.05) is 0 Å². The van der Waals surface area contributed by atoms with Gasteiger partial charge in [-0.3, -0.25) is 9.59 Å². The van der Waals surface area contributed by atoms with Crippen LogP contribution in [0.3, 0.4) is 0 Å². The molecule has 0 spiro atoms. The summed E-state index contributed by atoms with van der Waals surface area (Å²) in [5, 5.41) is 2.07. The Balaban J connectivity index is 2.50. The summed E-state index contributed by atoms with van der Waals surface area (Å²) >= 11 is 1.27. The van der Waals surface area contributed by atoms with Crippen LogP contribution >= 0.6 is 11.8 Å². The molecule has 5 nitrogen and oxygen atoms in total. The Labute approximate surface area is 85.6 Å². The second-order valence-corrected chi connectivity index (χ2v) is 3.99. The summed E-state index contributed by atoms with van der Waals surface area (Å²) < 4.78 is 4.49. The molecule has 0 aromatic rings. The van der Waals surface area contributed by atoms with Gasteiger partial charge >= 0.3 is 5.97 Å². The van der Waals surface area contributed by atoms with Gasteiger partial charge in [0, 0.05) is 12.2 Å². The third-order valence-corrected chi connectivity index (χ3v) is 3.14. The summed E-state index contributed by atoms with van der Waals surface area (Å²) in [4.78, 5) is 32.4. The smallest absolute Gasteiger partial charge is 0.329 e. The van der Waals surface area contributed by atoms with Gasteiger partial charge in [0.05, 0.1) is 12.4 Å². The number of esters is 1. The van der Waals surface area contributed by atoms with Crippen molar-refractivity contribution in [3.8, 4) is 0 Å². The highest BCUT2D eigenvalue weighted by Gasteiger charge is 2.32. The molecule has 6 heteroatoms. The second-order valence-electron chi connectivity index (χ2n) is 2.75. The van der Waals surface area contributed by atoms with Crippen LogP contribution in [0.15, 0.2) is 0 Å². The van der Waals surface area contributed by atoms with Gasteiger partial charge in [-0.15, -0.1) is 11.8 Å². The van der Waals surface area contributed by atoms with Crippen molar-refractivity contribution in [3.63, 3.8) is 0 Å². The minimum absolute atomic E-state index is 0.0599. The van der Waals surface area contributed by atoms with E-state index >= 15 is 0 Å². The number of amides is 1. The summed E-state index contributed by atoms with van der Waals surface area (Å²) in [6, 6.07) is -0.597. The Morgan fingerprint density at radius 3 is 3.00 bits per heavy atom. The molecule has 0 aromatic heterocycles. The molecular formula is C8H10NO4S. The van der Waals surface area contributed by atoms with E-state index in [2.05, 4.69) is 10.1 Å². The number of hydrogen-bond donors (Lipinski definition) is 1. The number of nitrogens with one attached hydrogen (secondary N) is 1. The second kappa shape index (κ2) is 4.99. The van der Waals surface area contributed by atoms with Crippen molar-refractivity contribution in [1.82, 2.24) is 5.32 Å². The van der Waals surface area contributed by atoms with Gasteiger partial charge in [-0.05, 0) is 0 Å². The van der Waals surface area contributed by atoms with Gasteiger partial charge in [0.15, 0.2) is 6.29 Å². The van der Waals surface area contributed by atoms with E-state index < -0.39 is 17.3 Å². The Bertz CT molecular complexity index is 256.